The standard InChI is InChI=1S/C11H13BrFN3O3/c12-8-3-10(11(16(17)18)4-9(8)13)15-5-7-6-19-2-1-14-7/h3-4,7,14-15H,1-2,5-6H2. The molecule has 1 aliphatic rings. The Morgan fingerprint density at radius 3 is 3.05 bits per heavy atom. The molecule has 0 aliphatic carbocycles. The predicted molar refractivity (Wildman–Crippen MR) is 71.9 cm³/mol. The molecule has 1 aromatic rings. The molecule has 0 amide bonds. The van der Waals surface area contributed by atoms with Gasteiger partial charge in [0.25, 0.3) is 5.69 Å². The number of benzene rings is 1. The average Bonchev–Trinajstić information content (AvgIpc) is 2.40. The first kappa shape index (κ1) is 14.2. The molecule has 6 nitrogen and oxygen atoms in total. The molecular formula is C11H13BrFN3O3. The fraction of sp³-hybridized carbons (Fsp3) is 0.455. The van der Waals surface area contributed by atoms with Gasteiger partial charge in [-0.15, -0.1) is 0 Å². The molecule has 8 heteroatoms. The number of morpholine rings is 1. The molecule has 0 radical (unpaired) electrons. The molecule has 1 heterocycles. The number of nitro groups is 1. The normalized spacial score (nSPS) is 19.2. The van der Waals surface area contributed by atoms with Gasteiger partial charge in [0.15, 0.2) is 0 Å². The minimum absolute atomic E-state index is 0.0807. The highest BCUT2D eigenvalue weighted by molar-refractivity contribution is 9.10. The van der Waals surface area contributed by atoms with Crippen molar-refractivity contribution in [2.75, 3.05) is 31.6 Å². The molecule has 0 bridgehead atoms. The van der Waals surface area contributed by atoms with Crippen LogP contribution in [0.2, 0.25) is 0 Å². The van der Waals surface area contributed by atoms with Crippen molar-refractivity contribution in [1.82, 2.24) is 5.32 Å². The summed E-state index contributed by atoms with van der Waals surface area (Å²) in [5, 5.41) is 17.1. The summed E-state index contributed by atoms with van der Waals surface area (Å²) in [5.41, 5.74) is 0.00285. The lowest BCUT2D eigenvalue weighted by Gasteiger charge is -2.24. The van der Waals surface area contributed by atoms with Crippen molar-refractivity contribution in [1.29, 1.82) is 0 Å². The van der Waals surface area contributed by atoms with Crippen molar-refractivity contribution in [2.24, 2.45) is 0 Å². The van der Waals surface area contributed by atoms with Gasteiger partial charge in [-0.1, -0.05) is 0 Å². The smallest absolute Gasteiger partial charge is 0.295 e. The zero-order valence-corrected chi connectivity index (χ0v) is 11.6. The molecule has 2 N–H and O–H groups in total. The van der Waals surface area contributed by atoms with Gasteiger partial charge in [0.1, 0.15) is 11.5 Å². The van der Waals surface area contributed by atoms with Crippen LogP contribution in [0.5, 0.6) is 0 Å². The van der Waals surface area contributed by atoms with E-state index in [0.717, 1.165) is 12.6 Å². The van der Waals surface area contributed by atoms with Crippen LogP contribution < -0.4 is 10.6 Å². The number of nitro benzene ring substituents is 1. The van der Waals surface area contributed by atoms with Crippen molar-refractivity contribution >= 4 is 27.3 Å². The quantitative estimate of drug-likeness (QED) is 0.650. The van der Waals surface area contributed by atoms with Gasteiger partial charge >= 0.3 is 0 Å². The van der Waals surface area contributed by atoms with Gasteiger partial charge in [-0.25, -0.2) is 4.39 Å². The van der Waals surface area contributed by atoms with Crippen LogP contribution >= 0.6 is 15.9 Å². The van der Waals surface area contributed by atoms with Gasteiger partial charge in [-0.3, -0.25) is 10.1 Å². The summed E-state index contributed by atoms with van der Waals surface area (Å²) in [7, 11) is 0. The fourth-order valence-corrected chi connectivity index (χ4v) is 2.16. The SMILES string of the molecule is O=[N+]([O-])c1cc(F)c(Br)cc1NCC1COCCN1. The van der Waals surface area contributed by atoms with E-state index < -0.39 is 10.7 Å². The van der Waals surface area contributed by atoms with E-state index in [2.05, 4.69) is 26.6 Å². The second-order valence-electron chi connectivity index (χ2n) is 4.15. The molecule has 1 unspecified atom stereocenters. The first-order valence-corrected chi connectivity index (χ1v) is 6.55. The van der Waals surface area contributed by atoms with Crippen LogP contribution in [0.4, 0.5) is 15.8 Å². The molecule has 19 heavy (non-hydrogen) atoms. The number of nitrogens with zero attached hydrogens (tertiary/aromatic N) is 1. The van der Waals surface area contributed by atoms with Gasteiger partial charge < -0.3 is 15.4 Å². The van der Waals surface area contributed by atoms with E-state index >= 15 is 0 Å². The number of anilines is 1. The highest BCUT2D eigenvalue weighted by Gasteiger charge is 2.19. The molecule has 0 spiro atoms. The molecule has 1 atom stereocenters. The maximum Gasteiger partial charge on any atom is 0.295 e. The maximum absolute atomic E-state index is 13.3. The molecule has 1 fully saturated rings. The van der Waals surface area contributed by atoms with E-state index in [1.807, 2.05) is 0 Å². The van der Waals surface area contributed by atoms with Crippen LogP contribution in [0.25, 0.3) is 0 Å². The van der Waals surface area contributed by atoms with Crippen LogP contribution in [0.3, 0.4) is 0 Å². The van der Waals surface area contributed by atoms with Crippen molar-refractivity contribution in [3.8, 4) is 0 Å². The average molecular weight is 334 g/mol. The Bertz CT molecular complexity index is 480. The summed E-state index contributed by atoms with van der Waals surface area (Å²) in [6.45, 7) is 2.43. The Labute approximate surface area is 117 Å². The number of rotatable bonds is 4. The Balaban J connectivity index is 2.09. The summed E-state index contributed by atoms with van der Waals surface area (Å²) < 4.78 is 18.8. The second-order valence-corrected chi connectivity index (χ2v) is 5.00. The highest BCUT2D eigenvalue weighted by Crippen LogP contribution is 2.30. The second kappa shape index (κ2) is 6.27. The zero-order valence-electron chi connectivity index (χ0n) is 9.99. The topological polar surface area (TPSA) is 76.4 Å². The summed E-state index contributed by atoms with van der Waals surface area (Å²) in [6, 6.07) is 2.35. The molecule has 1 aromatic carbocycles. The number of nitrogens with one attached hydrogen (secondary N) is 2. The summed E-state index contributed by atoms with van der Waals surface area (Å²) in [5.74, 6) is -0.656. The number of hydrogen-bond donors (Lipinski definition) is 2. The van der Waals surface area contributed by atoms with E-state index in [-0.39, 0.29) is 21.9 Å². The number of ether oxygens (including phenoxy) is 1. The lowest BCUT2D eigenvalue weighted by molar-refractivity contribution is -0.384. The first-order chi connectivity index (χ1) is 9.08. The van der Waals surface area contributed by atoms with E-state index in [1.165, 1.54) is 6.07 Å². The Morgan fingerprint density at radius 1 is 1.63 bits per heavy atom. The summed E-state index contributed by atoms with van der Waals surface area (Å²) in [6.07, 6.45) is 0. The van der Waals surface area contributed by atoms with Crippen molar-refractivity contribution < 1.29 is 14.1 Å². The minimum Gasteiger partial charge on any atom is -0.378 e. The van der Waals surface area contributed by atoms with Crippen molar-refractivity contribution in [3.63, 3.8) is 0 Å². The van der Waals surface area contributed by atoms with Crippen LogP contribution in [-0.4, -0.2) is 37.3 Å². The first-order valence-electron chi connectivity index (χ1n) is 5.76. The molecule has 2 rings (SSSR count). The van der Waals surface area contributed by atoms with Crippen LogP contribution in [0.1, 0.15) is 0 Å². The van der Waals surface area contributed by atoms with Gasteiger partial charge in [-0.2, -0.15) is 0 Å². The van der Waals surface area contributed by atoms with Gasteiger partial charge in [-0.05, 0) is 22.0 Å². The van der Waals surface area contributed by atoms with Crippen molar-refractivity contribution in [2.45, 2.75) is 6.04 Å². The lowest BCUT2D eigenvalue weighted by atomic mass is 10.2. The minimum atomic E-state index is -0.656. The van der Waals surface area contributed by atoms with Gasteiger partial charge in [0.2, 0.25) is 0 Å². The molecule has 0 saturated carbocycles. The highest BCUT2D eigenvalue weighted by atomic mass is 79.9. The lowest BCUT2D eigenvalue weighted by Crippen LogP contribution is -2.45. The van der Waals surface area contributed by atoms with E-state index in [1.54, 1.807) is 0 Å². The van der Waals surface area contributed by atoms with Gasteiger partial charge in [0, 0.05) is 19.1 Å². The van der Waals surface area contributed by atoms with E-state index in [9.17, 15) is 14.5 Å². The third-order valence-corrected chi connectivity index (χ3v) is 3.38. The van der Waals surface area contributed by atoms with Gasteiger partial charge in [0.05, 0.1) is 28.7 Å². The monoisotopic (exact) mass is 333 g/mol. The maximum atomic E-state index is 13.3. The molecule has 1 saturated heterocycles. The van der Waals surface area contributed by atoms with Crippen LogP contribution in [0, 0.1) is 15.9 Å². The number of halogens is 2. The summed E-state index contributed by atoms with van der Waals surface area (Å²) >= 11 is 3.02. The predicted octanol–water partition coefficient (Wildman–Crippen LogP) is 1.90. The largest absolute Gasteiger partial charge is 0.378 e. The Kier molecular flexibility index (Phi) is 4.67. The third-order valence-electron chi connectivity index (χ3n) is 2.77. The fourth-order valence-electron chi connectivity index (χ4n) is 1.81. The molecule has 104 valence electrons. The molecule has 0 aromatic heterocycles. The van der Waals surface area contributed by atoms with Crippen LogP contribution in [-0.2, 0) is 4.74 Å². The zero-order chi connectivity index (χ0) is 13.8. The number of hydrogen-bond acceptors (Lipinski definition) is 5. The Hall–Kier alpha value is -1.25. The molecular weight excluding hydrogens is 321 g/mol. The Morgan fingerprint density at radius 2 is 2.42 bits per heavy atom. The van der Waals surface area contributed by atoms with E-state index in [0.29, 0.717) is 19.8 Å². The van der Waals surface area contributed by atoms with Crippen molar-refractivity contribution in [3.05, 3.63) is 32.5 Å². The van der Waals surface area contributed by atoms with E-state index in [4.69, 9.17) is 4.74 Å². The molecule has 1 aliphatic heterocycles. The third kappa shape index (κ3) is 3.62. The summed E-state index contributed by atoms with van der Waals surface area (Å²) in [4.78, 5) is 10.3. The van der Waals surface area contributed by atoms with Crippen LogP contribution in [0.15, 0.2) is 16.6 Å².